The van der Waals surface area contributed by atoms with Crippen molar-refractivity contribution in [2.75, 3.05) is 27.2 Å². The van der Waals surface area contributed by atoms with Crippen molar-refractivity contribution in [1.29, 1.82) is 0 Å². The number of rotatable bonds is 5. The summed E-state index contributed by atoms with van der Waals surface area (Å²) in [5.41, 5.74) is -0.209. The molecular weight excluding hydrogens is 326 g/mol. The molecule has 0 bridgehead atoms. The van der Waals surface area contributed by atoms with Crippen LogP contribution in [0.15, 0.2) is 11.5 Å². The van der Waals surface area contributed by atoms with E-state index in [9.17, 15) is 14.7 Å². The highest BCUT2D eigenvalue weighted by Crippen LogP contribution is 2.26. The number of likely N-dealkylation sites (tertiary alicyclic amines) is 1. The van der Waals surface area contributed by atoms with Crippen molar-refractivity contribution >= 4 is 29.2 Å². The fourth-order valence-corrected chi connectivity index (χ4v) is 3.37. The number of carbonyl (C=O) groups is 2. The van der Waals surface area contributed by atoms with Gasteiger partial charge in [-0.15, -0.1) is 11.3 Å². The summed E-state index contributed by atoms with van der Waals surface area (Å²) in [6.07, 6.45) is 5.23. The van der Waals surface area contributed by atoms with E-state index in [2.05, 4.69) is 4.98 Å². The summed E-state index contributed by atoms with van der Waals surface area (Å²) in [4.78, 5) is 31.5. The quantitative estimate of drug-likeness (QED) is 0.819. The van der Waals surface area contributed by atoms with Gasteiger partial charge in [0.05, 0.1) is 16.3 Å². The second kappa shape index (κ2) is 7.90. The van der Waals surface area contributed by atoms with Crippen molar-refractivity contribution < 1.29 is 14.7 Å². The Morgan fingerprint density at radius 1 is 1.50 bits per heavy atom. The van der Waals surface area contributed by atoms with E-state index in [-0.39, 0.29) is 18.4 Å². The maximum atomic E-state index is 12.3. The average molecular weight is 351 g/mol. The number of amides is 2. The number of aryl methyl sites for hydroxylation is 1. The van der Waals surface area contributed by atoms with Crippen LogP contribution in [0.5, 0.6) is 0 Å². The number of hydrogen-bond donors (Lipinski definition) is 1. The Morgan fingerprint density at radius 2 is 2.25 bits per heavy atom. The van der Waals surface area contributed by atoms with Gasteiger partial charge < -0.3 is 14.9 Å². The van der Waals surface area contributed by atoms with Gasteiger partial charge in [-0.05, 0) is 32.3 Å². The number of piperidine rings is 1. The first-order valence-electron chi connectivity index (χ1n) is 8.11. The van der Waals surface area contributed by atoms with E-state index in [1.807, 2.05) is 12.3 Å². The fraction of sp³-hybridized carbons (Fsp3) is 0.588. The molecule has 1 saturated heterocycles. The van der Waals surface area contributed by atoms with E-state index in [1.165, 1.54) is 22.3 Å². The highest BCUT2D eigenvalue weighted by atomic mass is 32.1. The summed E-state index contributed by atoms with van der Waals surface area (Å²) in [6.45, 7) is 2.82. The maximum absolute atomic E-state index is 12.3. The topological polar surface area (TPSA) is 73.7 Å². The number of aromatic nitrogens is 1. The molecule has 0 aromatic carbocycles. The number of hydrogen-bond acceptors (Lipinski definition) is 5. The molecule has 0 spiro atoms. The first kappa shape index (κ1) is 18.6. The third-order valence-electron chi connectivity index (χ3n) is 4.20. The Labute approximate surface area is 146 Å². The summed E-state index contributed by atoms with van der Waals surface area (Å²) in [6, 6.07) is 0. The highest BCUT2D eigenvalue weighted by Gasteiger charge is 2.35. The number of carbonyl (C=O) groups excluding carboxylic acids is 2. The van der Waals surface area contributed by atoms with Crippen LogP contribution in [0, 0.1) is 6.92 Å². The van der Waals surface area contributed by atoms with Crippen LogP contribution in [0.25, 0.3) is 6.08 Å². The standard InChI is InChI=1S/C17H25N3O3S/c1-13-18-14(11-24-13)5-6-16(22)20-10-4-8-17(23,12-20)9-7-15(21)19(2)3/h5-6,11,23H,4,7-10,12H2,1-3H3/b6-5+/t17-/m1/s1. The Bertz CT molecular complexity index is 626. The number of β-amino-alcohol motifs (C(OH)–C–C–N with tert-alkyl or cyclic N) is 1. The molecule has 0 saturated carbocycles. The smallest absolute Gasteiger partial charge is 0.246 e. The Hall–Kier alpha value is -1.73. The minimum Gasteiger partial charge on any atom is -0.388 e. The molecule has 1 aliphatic heterocycles. The first-order chi connectivity index (χ1) is 11.3. The molecule has 24 heavy (non-hydrogen) atoms. The van der Waals surface area contributed by atoms with Crippen LogP contribution in [0.1, 0.15) is 36.4 Å². The van der Waals surface area contributed by atoms with Gasteiger partial charge in [-0.2, -0.15) is 0 Å². The third kappa shape index (κ3) is 5.14. The average Bonchev–Trinajstić information content (AvgIpc) is 2.95. The zero-order valence-corrected chi connectivity index (χ0v) is 15.3. The zero-order valence-electron chi connectivity index (χ0n) is 14.5. The van der Waals surface area contributed by atoms with Gasteiger partial charge in [0.2, 0.25) is 11.8 Å². The van der Waals surface area contributed by atoms with E-state index < -0.39 is 5.60 Å². The van der Waals surface area contributed by atoms with Crippen molar-refractivity contribution in [3.05, 3.63) is 22.2 Å². The highest BCUT2D eigenvalue weighted by molar-refractivity contribution is 7.09. The van der Waals surface area contributed by atoms with Crippen molar-refractivity contribution in [2.24, 2.45) is 0 Å². The monoisotopic (exact) mass is 351 g/mol. The fourth-order valence-electron chi connectivity index (χ4n) is 2.79. The van der Waals surface area contributed by atoms with Crippen LogP contribution in [-0.4, -0.2) is 64.5 Å². The number of nitrogens with zero attached hydrogens (tertiary/aromatic N) is 3. The molecular formula is C17H25N3O3S. The van der Waals surface area contributed by atoms with Crippen LogP contribution in [0.4, 0.5) is 0 Å². The van der Waals surface area contributed by atoms with Crippen LogP contribution in [0.2, 0.25) is 0 Å². The molecule has 132 valence electrons. The van der Waals surface area contributed by atoms with E-state index in [0.717, 1.165) is 17.1 Å². The predicted octanol–water partition coefficient (Wildman–Crippen LogP) is 1.69. The SMILES string of the molecule is Cc1nc(/C=C/C(=O)N2CCC[C@@](O)(CCC(=O)N(C)C)C2)cs1. The lowest BCUT2D eigenvalue weighted by atomic mass is 9.88. The summed E-state index contributed by atoms with van der Waals surface area (Å²) in [5.74, 6) is -0.136. The zero-order chi connectivity index (χ0) is 17.7. The Morgan fingerprint density at radius 3 is 2.88 bits per heavy atom. The molecule has 1 aliphatic rings. The molecule has 2 heterocycles. The van der Waals surface area contributed by atoms with Crippen LogP contribution in [0.3, 0.4) is 0 Å². The van der Waals surface area contributed by atoms with E-state index in [4.69, 9.17) is 0 Å². The largest absolute Gasteiger partial charge is 0.388 e. The van der Waals surface area contributed by atoms with Gasteiger partial charge in [0, 0.05) is 45.1 Å². The lowest BCUT2D eigenvalue weighted by molar-refractivity contribution is -0.135. The van der Waals surface area contributed by atoms with Gasteiger partial charge in [-0.25, -0.2) is 4.98 Å². The first-order valence-corrected chi connectivity index (χ1v) is 8.99. The number of thiazole rings is 1. The molecule has 6 nitrogen and oxygen atoms in total. The summed E-state index contributed by atoms with van der Waals surface area (Å²) in [7, 11) is 3.40. The van der Waals surface area contributed by atoms with E-state index in [0.29, 0.717) is 25.8 Å². The maximum Gasteiger partial charge on any atom is 0.246 e. The normalized spacial score (nSPS) is 21.2. The van der Waals surface area contributed by atoms with Gasteiger partial charge in [-0.1, -0.05) is 0 Å². The molecule has 1 aromatic heterocycles. The molecule has 1 N–H and O–H groups in total. The third-order valence-corrected chi connectivity index (χ3v) is 5.00. The van der Waals surface area contributed by atoms with Crippen LogP contribution in [-0.2, 0) is 9.59 Å². The molecule has 0 aliphatic carbocycles. The van der Waals surface area contributed by atoms with E-state index >= 15 is 0 Å². The molecule has 7 heteroatoms. The second-order valence-corrected chi connectivity index (χ2v) is 7.56. The lowest BCUT2D eigenvalue weighted by Crippen LogP contribution is -2.50. The van der Waals surface area contributed by atoms with Gasteiger partial charge in [-0.3, -0.25) is 9.59 Å². The van der Waals surface area contributed by atoms with Crippen molar-refractivity contribution in [3.8, 4) is 0 Å². The van der Waals surface area contributed by atoms with E-state index in [1.54, 1.807) is 25.1 Å². The molecule has 1 fully saturated rings. The summed E-state index contributed by atoms with van der Waals surface area (Å²) in [5, 5.41) is 13.6. The Kier molecular flexibility index (Phi) is 6.12. The molecule has 1 atom stereocenters. The predicted molar refractivity (Wildman–Crippen MR) is 94.6 cm³/mol. The molecule has 0 radical (unpaired) electrons. The second-order valence-electron chi connectivity index (χ2n) is 6.50. The van der Waals surface area contributed by atoms with Gasteiger partial charge in [0.15, 0.2) is 0 Å². The molecule has 1 aromatic rings. The van der Waals surface area contributed by atoms with Gasteiger partial charge in [0.25, 0.3) is 0 Å². The minimum atomic E-state index is -0.982. The summed E-state index contributed by atoms with van der Waals surface area (Å²) < 4.78 is 0. The van der Waals surface area contributed by atoms with Crippen LogP contribution >= 0.6 is 11.3 Å². The molecule has 0 unspecified atom stereocenters. The molecule has 2 rings (SSSR count). The van der Waals surface area contributed by atoms with Crippen molar-refractivity contribution in [2.45, 2.75) is 38.2 Å². The van der Waals surface area contributed by atoms with Crippen molar-refractivity contribution in [1.82, 2.24) is 14.8 Å². The Balaban J connectivity index is 1.92. The van der Waals surface area contributed by atoms with Crippen LogP contribution < -0.4 is 0 Å². The van der Waals surface area contributed by atoms with Gasteiger partial charge >= 0.3 is 0 Å². The number of aliphatic hydroxyl groups is 1. The summed E-state index contributed by atoms with van der Waals surface area (Å²) >= 11 is 1.54. The minimum absolute atomic E-state index is 0.00864. The van der Waals surface area contributed by atoms with Crippen molar-refractivity contribution in [3.63, 3.8) is 0 Å². The van der Waals surface area contributed by atoms with Gasteiger partial charge in [0.1, 0.15) is 0 Å². The molecule has 2 amide bonds. The lowest BCUT2D eigenvalue weighted by Gasteiger charge is -2.39.